The monoisotopic (exact) mass is 343 g/mol. The summed E-state index contributed by atoms with van der Waals surface area (Å²) in [5, 5.41) is 26.6. The molecule has 23 heavy (non-hydrogen) atoms. The number of nitro benzene ring substituents is 1. The number of benzene rings is 1. The molecule has 0 bridgehead atoms. The Morgan fingerprint density at radius 3 is 2.83 bits per heavy atom. The van der Waals surface area contributed by atoms with E-state index >= 15 is 0 Å². The Balaban J connectivity index is 1.88. The van der Waals surface area contributed by atoms with Gasteiger partial charge >= 0.3 is 0 Å². The van der Waals surface area contributed by atoms with E-state index in [-0.39, 0.29) is 10.6 Å². The highest BCUT2D eigenvalue weighted by atomic mass is 32.1. The lowest BCUT2D eigenvalue weighted by Gasteiger charge is -2.02. The Kier molecular flexibility index (Phi) is 3.17. The number of hydrogen-bond donors (Lipinski definition) is 0. The Labute approximate surface area is 138 Å². The van der Waals surface area contributed by atoms with Gasteiger partial charge in [0.15, 0.2) is 5.82 Å². The fourth-order valence-corrected chi connectivity index (χ4v) is 3.95. The van der Waals surface area contributed by atoms with E-state index in [0.29, 0.717) is 21.4 Å². The standard InChI is InChI=1S/C14H9N5O2S2/c1-8-9(4-2-5-10(8)19(20)21)13-17-18-12(11-6-3-7-22-11)15-16-14(18)23-13/h2-7H,1H3. The molecule has 4 rings (SSSR count). The summed E-state index contributed by atoms with van der Waals surface area (Å²) < 4.78 is 1.68. The first-order chi connectivity index (χ1) is 11.1. The molecular weight excluding hydrogens is 334 g/mol. The minimum absolute atomic E-state index is 0.0898. The summed E-state index contributed by atoms with van der Waals surface area (Å²) >= 11 is 2.93. The van der Waals surface area contributed by atoms with Crippen LogP contribution in [0.3, 0.4) is 0 Å². The van der Waals surface area contributed by atoms with Crippen LogP contribution in [-0.4, -0.2) is 24.7 Å². The topological polar surface area (TPSA) is 86.2 Å². The van der Waals surface area contributed by atoms with Crippen LogP contribution in [-0.2, 0) is 0 Å². The minimum Gasteiger partial charge on any atom is -0.258 e. The van der Waals surface area contributed by atoms with Crippen molar-refractivity contribution in [1.29, 1.82) is 0 Å². The molecule has 7 nitrogen and oxygen atoms in total. The number of hydrogen-bond acceptors (Lipinski definition) is 7. The van der Waals surface area contributed by atoms with Gasteiger partial charge in [0.1, 0.15) is 5.01 Å². The van der Waals surface area contributed by atoms with Crippen molar-refractivity contribution >= 4 is 33.3 Å². The Hall–Kier alpha value is -2.65. The van der Waals surface area contributed by atoms with Gasteiger partial charge in [0.2, 0.25) is 4.96 Å². The highest BCUT2D eigenvalue weighted by molar-refractivity contribution is 7.20. The summed E-state index contributed by atoms with van der Waals surface area (Å²) in [6, 6.07) is 8.90. The third-order valence-corrected chi connectivity index (χ3v) is 5.26. The Morgan fingerprint density at radius 1 is 1.22 bits per heavy atom. The molecule has 0 aliphatic carbocycles. The molecule has 9 heteroatoms. The summed E-state index contributed by atoms with van der Waals surface area (Å²) in [6.07, 6.45) is 0. The average molecular weight is 343 g/mol. The molecule has 4 aromatic rings. The molecule has 0 amide bonds. The lowest BCUT2D eigenvalue weighted by Crippen LogP contribution is -1.94. The zero-order valence-electron chi connectivity index (χ0n) is 11.8. The van der Waals surface area contributed by atoms with Gasteiger partial charge in [-0.25, -0.2) is 0 Å². The molecule has 0 atom stereocenters. The van der Waals surface area contributed by atoms with Crippen LogP contribution in [0.5, 0.6) is 0 Å². The van der Waals surface area contributed by atoms with Crippen molar-refractivity contribution in [3.05, 3.63) is 51.4 Å². The van der Waals surface area contributed by atoms with Crippen molar-refractivity contribution in [2.45, 2.75) is 6.92 Å². The van der Waals surface area contributed by atoms with Crippen molar-refractivity contribution in [2.24, 2.45) is 0 Å². The third-order valence-electron chi connectivity index (χ3n) is 3.46. The van der Waals surface area contributed by atoms with E-state index in [1.165, 1.54) is 17.4 Å². The van der Waals surface area contributed by atoms with Crippen LogP contribution in [0.2, 0.25) is 0 Å². The normalized spacial score (nSPS) is 11.2. The average Bonchev–Trinajstić information content (AvgIpc) is 3.23. The number of nitrogens with zero attached hydrogens (tertiary/aromatic N) is 5. The Morgan fingerprint density at radius 2 is 2.09 bits per heavy atom. The van der Waals surface area contributed by atoms with Crippen molar-refractivity contribution in [3.8, 4) is 21.3 Å². The van der Waals surface area contributed by atoms with Gasteiger partial charge in [-0.15, -0.1) is 21.5 Å². The number of nitro groups is 1. The molecule has 114 valence electrons. The second-order valence-corrected chi connectivity index (χ2v) is 6.71. The van der Waals surface area contributed by atoms with E-state index in [1.54, 1.807) is 28.8 Å². The second-order valence-electron chi connectivity index (χ2n) is 4.81. The van der Waals surface area contributed by atoms with E-state index in [1.807, 2.05) is 23.6 Å². The van der Waals surface area contributed by atoms with Gasteiger partial charge in [-0.3, -0.25) is 10.1 Å². The first-order valence-electron chi connectivity index (χ1n) is 6.65. The SMILES string of the molecule is Cc1c(-c2nn3c(-c4cccs4)nnc3s2)cccc1[N+](=O)[O-]. The molecule has 0 unspecified atom stereocenters. The molecule has 0 spiro atoms. The maximum atomic E-state index is 11.1. The molecule has 3 heterocycles. The molecule has 0 saturated heterocycles. The maximum Gasteiger partial charge on any atom is 0.273 e. The molecule has 3 aromatic heterocycles. The predicted octanol–water partition coefficient (Wildman–Crippen LogP) is 3.80. The van der Waals surface area contributed by atoms with Crippen molar-refractivity contribution in [1.82, 2.24) is 19.8 Å². The number of fused-ring (bicyclic) bond motifs is 1. The molecule has 0 saturated carbocycles. The van der Waals surface area contributed by atoms with Gasteiger partial charge in [-0.1, -0.05) is 29.5 Å². The largest absolute Gasteiger partial charge is 0.273 e. The summed E-state index contributed by atoms with van der Waals surface area (Å²) in [5.74, 6) is 0.681. The van der Waals surface area contributed by atoms with E-state index in [2.05, 4.69) is 15.3 Å². The van der Waals surface area contributed by atoms with Crippen LogP contribution in [0.25, 0.3) is 26.2 Å². The van der Waals surface area contributed by atoms with Crippen molar-refractivity contribution < 1.29 is 4.92 Å². The number of aromatic nitrogens is 4. The molecule has 0 fully saturated rings. The van der Waals surface area contributed by atoms with Crippen LogP contribution in [0.1, 0.15) is 5.56 Å². The van der Waals surface area contributed by atoms with Gasteiger partial charge in [0, 0.05) is 17.2 Å². The van der Waals surface area contributed by atoms with Crippen molar-refractivity contribution in [2.75, 3.05) is 0 Å². The first-order valence-corrected chi connectivity index (χ1v) is 8.35. The fourth-order valence-electron chi connectivity index (χ4n) is 2.34. The summed E-state index contributed by atoms with van der Waals surface area (Å²) in [7, 11) is 0. The van der Waals surface area contributed by atoms with E-state index in [0.717, 1.165) is 10.4 Å². The fraction of sp³-hybridized carbons (Fsp3) is 0.0714. The quantitative estimate of drug-likeness (QED) is 0.417. The maximum absolute atomic E-state index is 11.1. The highest BCUT2D eigenvalue weighted by Crippen LogP contribution is 2.34. The van der Waals surface area contributed by atoms with E-state index in [9.17, 15) is 10.1 Å². The molecule has 0 radical (unpaired) electrons. The van der Waals surface area contributed by atoms with Gasteiger partial charge in [0.05, 0.1) is 9.80 Å². The predicted molar refractivity (Wildman–Crippen MR) is 88.8 cm³/mol. The van der Waals surface area contributed by atoms with E-state index in [4.69, 9.17) is 0 Å². The molecular formula is C14H9N5O2S2. The van der Waals surface area contributed by atoms with Crippen LogP contribution < -0.4 is 0 Å². The third kappa shape index (κ3) is 2.21. The van der Waals surface area contributed by atoms with Crippen LogP contribution >= 0.6 is 22.7 Å². The van der Waals surface area contributed by atoms with Crippen molar-refractivity contribution in [3.63, 3.8) is 0 Å². The molecule has 0 aliphatic heterocycles. The smallest absolute Gasteiger partial charge is 0.258 e. The summed E-state index contributed by atoms with van der Waals surface area (Å²) in [6.45, 7) is 1.73. The summed E-state index contributed by atoms with van der Waals surface area (Å²) in [4.78, 5) is 12.4. The summed E-state index contributed by atoms with van der Waals surface area (Å²) in [5.41, 5.74) is 1.43. The van der Waals surface area contributed by atoms with Gasteiger partial charge < -0.3 is 0 Å². The second kappa shape index (κ2) is 5.21. The van der Waals surface area contributed by atoms with Crippen LogP contribution in [0, 0.1) is 17.0 Å². The Bertz CT molecular complexity index is 1020. The molecule has 0 N–H and O–H groups in total. The molecule has 1 aromatic carbocycles. The van der Waals surface area contributed by atoms with Gasteiger partial charge in [0.25, 0.3) is 5.69 Å². The van der Waals surface area contributed by atoms with Crippen LogP contribution in [0.15, 0.2) is 35.7 Å². The lowest BCUT2D eigenvalue weighted by molar-refractivity contribution is -0.385. The lowest BCUT2D eigenvalue weighted by atomic mass is 10.1. The number of thiophene rings is 1. The zero-order valence-corrected chi connectivity index (χ0v) is 13.5. The minimum atomic E-state index is -0.379. The zero-order chi connectivity index (χ0) is 16.0. The molecule has 0 aliphatic rings. The van der Waals surface area contributed by atoms with Crippen LogP contribution in [0.4, 0.5) is 5.69 Å². The van der Waals surface area contributed by atoms with Gasteiger partial charge in [-0.2, -0.15) is 9.61 Å². The first kappa shape index (κ1) is 14.0. The van der Waals surface area contributed by atoms with Gasteiger partial charge in [-0.05, 0) is 18.4 Å². The highest BCUT2D eigenvalue weighted by Gasteiger charge is 2.19. The number of rotatable bonds is 3. The van der Waals surface area contributed by atoms with E-state index < -0.39 is 0 Å².